The fourth-order valence-corrected chi connectivity index (χ4v) is 2.92. The first-order valence-electron chi connectivity index (χ1n) is 6.57. The van der Waals surface area contributed by atoms with Gasteiger partial charge in [0, 0.05) is 12.1 Å². The number of carbonyl (C=O) groups is 1. The van der Waals surface area contributed by atoms with Crippen LogP contribution >= 0.6 is 0 Å². The van der Waals surface area contributed by atoms with Crippen LogP contribution in [0.5, 0.6) is 0 Å². The molecule has 1 aliphatic carbocycles. The molecule has 0 aromatic heterocycles. The maximum absolute atomic E-state index is 11.5. The van der Waals surface area contributed by atoms with E-state index >= 15 is 0 Å². The van der Waals surface area contributed by atoms with Gasteiger partial charge >= 0.3 is 5.97 Å². The van der Waals surface area contributed by atoms with Crippen LogP contribution < -0.4 is 0 Å². The Morgan fingerprint density at radius 1 is 1.32 bits per heavy atom. The molecule has 1 atom stereocenters. The summed E-state index contributed by atoms with van der Waals surface area (Å²) in [7, 11) is 0. The molecule has 0 spiro atoms. The van der Waals surface area contributed by atoms with Gasteiger partial charge in [0.25, 0.3) is 5.69 Å². The molecule has 5 nitrogen and oxygen atoms in total. The van der Waals surface area contributed by atoms with Gasteiger partial charge in [0.2, 0.25) is 0 Å². The Morgan fingerprint density at radius 2 is 2.00 bits per heavy atom. The minimum Gasteiger partial charge on any atom is -0.481 e. The molecule has 102 valence electrons. The van der Waals surface area contributed by atoms with Crippen LogP contribution in [-0.2, 0) is 4.79 Å². The molecule has 0 saturated heterocycles. The number of aliphatic carboxylic acids is 1. The van der Waals surface area contributed by atoms with E-state index in [1.54, 1.807) is 12.1 Å². The predicted octanol–water partition coefficient (Wildman–Crippen LogP) is 3.34. The number of nitro groups is 1. The zero-order valence-corrected chi connectivity index (χ0v) is 10.6. The van der Waals surface area contributed by atoms with Gasteiger partial charge in [0.1, 0.15) is 0 Å². The summed E-state index contributed by atoms with van der Waals surface area (Å²) >= 11 is 0. The molecule has 0 heterocycles. The Hall–Kier alpha value is -1.91. The van der Waals surface area contributed by atoms with Gasteiger partial charge in [-0.1, -0.05) is 31.4 Å². The zero-order valence-electron chi connectivity index (χ0n) is 10.6. The molecular formula is C14H17NO4. The summed E-state index contributed by atoms with van der Waals surface area (Å²) < 4.78 is 0. The number of carboxylic acids is 1. The molecule has 1 aliphatic rings. The highest BCUT2D eigenvalue weighted by Crippen LogP contribution is 2.37. The standard InChI is InChI=1S/C14H17NO4/c16-14(17)13(10-5-2-1-3-6-10)11-7-4-8-12(9-11)15(18)19/h4,7-10,13H,1-3,5-6H2,(H,16,17). The molecule has 0 amide bonds. The highest BCUT2D eigenvalue weighted by atomic mass is 16.6. The van der Waals surface area contributed by atoms with Gasteiger partial charge < -0.3 is 5.11 Å². The lowest BCUT2D eigenvalue weighted by Gasteiger charge is -2.27. The summed E-state index contributed by atoms with van der Waals surface area (Å²) in [6, 6.07) is 6.03. The molecule has 1 unspecified atom stereocenters. The number of carboxylic acid groups (broad SMARTS) is 1. The van der Waals surface area contributed by atoms with E-state index in [4.69, 9.17) is 0 Å². The molecule has 5 heteroatoms. The van der Waals surface area contributed by atoms with Crippen molar-refractivity contribution in [2.45, 2.75) is 38.0 Å². The third kappa shape index (κ3) is 3.10. The van der Waals surface area contributed by atoms with Gasteiger partial charge in [-0.3, -0.25) is 14.9 Å². The number of non-ortho nitro benzene ring substituents is 1. The Bertz CT molecular complexity index is 480. The zero-order chi connectivity index (χ0) is 13.8. The summed E-state index contributed by atoms with van der Waals surface area (Å²) in [5.41, 5.74) is 0.508. The number of benzene rings is 1. The summed E-state index contributed by atoms with van der Waals surface area (Å²) in [5.74, 6) is -1.42. The van der Waals surface area contributed by atoms with Crippen molar-refractivity contribution in [1.82, 2.24) is 0 Å². The molecule has 1 saturated carbocycles. The topological polar surface area (TPSA) is 80.4 Å². The second kappa shape index (κ2) is 5.82. The second-order valence-corrected chi connectivity index (χ2v) is 5.07. The lowest BCUT2D eigenvalue weighted by Crippen LogP contribution is -2.23. The third-order valence-corrected chi connectivity index (χ3v) is 3.83. The monoisotopic (exact) mass is 263 g/mol. The van der Waals surface area contributed by atoms with Crippen molar-refractivity contribution in [3.63, 3.8) is 0 Å². The van der Waals surface area contributed by atoms with E-state index in [9.17, 15) is 20.0 Å². The van der Waals surface area contributed by atoms with Crippen molar-refractivity contribution in [2.75, 3.05) is 0 Å². The van der Waals surface area contributed by atoms with Gasteiger partial charge in [-0.25, -0.2) is 0 Å². The van der Waals surface area contributed by atoms with Crippen LogP contribution in [0.3, 0.4) is 0 Å². The van der Waals surface area contributed by atoms with Crippen LogP contribution in [-0.4, -0.2) is 16.0 Å². The molecule has 2 rings (SSSR count). The Morgan fingerprint density at radius 3 is 2.58 bits per heavy atom. The van der Waals surface area contributed by atoms with E-state index in [2.05, 4.69) is 0 Å². The van der Waals surface area contributed by atoms with Crippen molar-refractivity contribution >= 4 is 11.7 Å². The van der Waals surface area contributed by atoms with Crippen LogP contribution in [0.25, 0.3) is 0 Å². The Labute approximate surface area is 111 Å². The van der Waals surface area contributed by atoms with Gasteiger partial charge in [0.05, 0.1) is 10.8 Å². The molecule has 0 radical (unpaired) electrons. The van der Waals surface area contributed by atoms with E-state index in [0.29, 0.717) is 5.56 Å². The van der Waals surface area contributed by atoms with E-state index in [0.717, 1.165) is 32.1 Å². The van der Waals surface area contributed by atoms with Crippen LogP contribution in [0.2, 0.25) is 0 Å². The molecule has 1 aromatic rings. The molecule has 19 heavy (non-hydrogen) atoms. The van der Waals surface area contributed by atoms with Crippen LogP contribution in [0.1, 0.15) is 43.6 Å². The molecular weight excluding hydrogens is 246 g/mol. The van der Waals surface area contributed by atoms with Gasteiger partial charge in [-0.2, -0.15) is 0 Å². The Kier molecular flexibility index (Phi) is 4.14. The van der Waals surface area contributed by atoms with Crippen molar-refractivity contribution in [1.29, 1.82) is 0 Å². The highest BCUT2D eigenvalue weighted by molar-refractivity contribution is 5.76. The first-order valence-corrected chi connectivity index (χ1v) is 6.57. The lowest BCUT2D eigenvalue weighted by molar-refractivity contribution is -0.384. The second-order valence-electron chi connectivity index (χ2n) is 5.07. The summed E-state index contributed by atoms with van der Waals surface area (Å²) in [6.07, 6.45) is 5.02. The molecule has 0 bridgehead atoms. The average molecular weight is 263 g/mol. The first kappa shape index (κ1) is 13.5. The smallest absolute Gasteiger partial charge is 0.311 e. The lowest BCUT2D eigenvalue weighted by atomic mass is 9.77. The first-order chi connectivity index (χ1) is 9.09. The highest BCUT2D eigenvalue weighted by Gasteiger charge is 2.31. The minimum absolute atomic E-state index is 0.0421. The van der Waals surface area contributed by atoms with E-state index in [1.165, 1.54) is 12.1 Å². The normalized spacial score (nSPS) is 17.9. The Balaban J connectivity index is 2.30. The van der Waals surface area contributed by atoms with Gasteiger partial charge in [-0.05, 0) is 24.3 Å². The van der Waals surface area contributed by atoms with Crippen LogP contribution in [0.15, 0.2) is 24.3 Å². The molecule has 1 N–H and O–H groups in total. The van der Waals surface area contributed by atoms with E-state index in [1.807, 2.05) is 0 Å². The SMILES string of the molecule is O=C(O)C(c1cccc([N+](=O)[O-])c1)C1CCCCC1. The molecule has 1 fully saturated rings. The molecule has 1 aromatic carbocycles. The third-order valence-electron chi connectivity index (χ3n) is 3.83. The fraction of sp³-hybridized carbons (Fsp3) is 0.500. The summed E-state index contributed by atoms with van der Waals surface area (Å²) in [6.45, 7) is 0. The minimum atomic E-state index is -0.882. The van der Waals surface area contributed by atoms with Gasteiger partial charge in [-0.15, -0.1) is 0 Å². The van der Waals surface area contributed by atoms with Crippen LogP contribution in [0, 0.1) is 16.0 Å². The average Bonchev–Trinajstić information content (AvgIpc) is 2.40. The van der Waals surface area contributed by atoms with Crippen LogP contribution in [0.4, 0.5) is 5.69 Å². The van der Waals surface area contributed by atoms with Crippen molar-refractivity contribution in [3.8, 4) is 0 Å². The van der Waals surface area contributed by atoms with Crippen molar-refractivity contribution in [3.05, 3.63) is 39.9 Å². The number of rotatable bonds is 4. The fourth-order valence-electron chi connectivity index (χ4n) is 2.92. The van der Waals surface area contributed by atoms with E-state index < -0.39 is 16.8 Å². The largest absolute Gasteiger partial charge is 0.481 e. The number of hydrogen-bond acceptors (Lipinski definition) is 3. The quantitative estimate of drug-likeness (QED) is 0.667. The van der Waals surface area contributed by atoms with Gasteiger partial charge in [0.15, 0.2) is 0 Å². The maximum Gasteiger partial charge on any atom is 0.311 e. The molecule has 0 aliphatic heterocycles. The summed E-state index contributed by atoms with van der Waals surface area (Å²) in [5, 5.41) is 20.2. The van der Waals surface area contributed by atoms with E-state index in [-0.39, 0.29) is 11.6 Å². The summed E-state index contributed by atoms with van der Waals surface area (Å²) in [4.78, 5) is 21.8. The number of nitrogens with zero attached hydrogens (tertiary/aromatic N) is 1. The predicted molar refractivity (Wildman–Crippen MR) is 70.0 cm³/mol. The van der Waals surface area contributed by atoms with Crippen molar-refractivity contribution in [2.24, 2.45) is 5.92 Å². The number of nitro benzene ring substituents is 1. The van der Waals surface area contributed by atoms with Crippen molar-refractivity contribution < 1.29 is 14.8 Å². The number of hydrogen-bond donors (Lipinski definition) is 1. The maximum atomic E-state index is 11.5.